The number of methoxy groups -OCH3 is 1. The molecule has 1 saturated carbocycles. The van der Waals surface area contributed by atoms with Gasteiger partial charge in [0.15, 0.2) is 0 Å². The highest BCUT2D eigenvalue weighted by Crippen LogP contribution is 2.37. The van der Waals surface area contributed by atoms with Crippen molar-refractivity contribution in [2.45, 2.75) is 103 Å². The molecule has 0 aromatic heterocycles. The molecule has 20 heavy (non-hydrogen) atoms. The number of hydrogen-bond donors (Lipinski definition) is 1. The van der Waals surface area contributed by atoms with Crippen molar-refractivity contribution in [3.63, 3.8) is 0 Å². The molecule has 2 N–H and O–H groups in total. The standard InChI is InChI=1S/C18H37NO/c1-4-5-6-7-8-9-10-11-17(19)18(20-3)14-12-16(2)13-15-18/h16-17H,4-15,19H2,1-3H3. The van der Waals surface area contributed by atoms with Crippen LogP contribution in [0.15, 0.2) is 0 Å². The van der Waals surface area contributed by atoms with Gasteiger partial charge < -0.3 is 10.5 Å². The van der Waals surface area contributed by atoms with Crippen LogP contribution in [0.1, 0.15) is 90.9 Å². The van der Waals surface area contributed by atoms with E-state index in [-0.39, 0.29) is 11.6 Å². The second kappa shape index (κ2) is 9.78. The molecule has 0 spiro atoms. The van der Waals surface area contributed by atoms with E-state index in [9.17, 15) is 0 Å². The zero-order chi connectivity index (χ0) is 14.8. The average Bonchev–Trinajstić information content (AvgIpc) is 2.47. The first kappa shape index (κ1) is 18.0. The Morgan fingerprint density at radius 2 is 1.60 bits per heavy atom. The van der Waals surface area contributed by atoms with Gasteiger partial charge in [0.05, 0.1) is 5.60 Å². The summed E-state index contributed by atoms with van der Waals surface area (Å²) in [6.45, 7) is 4.62. The van der Waals surface area contributed by atoms with Crippen LogP contribution >= 0.6 is 0 Å². The zero-order valence-corrected chi connectivity index (χ0v) is 14.1. The summed E-state index contributed by atoms with van der Waals surface area (Å²) >= 11 is 0. The molecule has 1 aliphatic rings. The Labute approximate surface area is 126 Å². The van der Waals surface area contributed by atoms with Crippen LogP contribution in [-0.2, 0) is 4.74 Å². The van der Waals surface area contributed by atoms with E-state index in [4.69, 9.17) is 10.5 Å². The van der Waals surface area contributed by atoms with Crippen molar-refractivity contribution in [2.24, 2.45) is 11.7 Å². The third kappa shape index (κ3) is 5.73. The van der Waals surface area contributed by atoms with Gasteiger partial charge in [-0.3, -0.25) is 0 Å². The molecule has 0 radical (unpaired) electrons. The Balaban J connectivity index is 2.18. The molecule has 0 heterocycles. The van der Waals surface area contributed by atoms with Crippen LogP contribution in [0.3, 0.4) is 0 Å². The largest absolute Gasteiger partial charge is 0.377 e. The lowest BCUT2D eigenvalue weighted by molar-refractivity contribution is -0.0680. The van der Waals surface area contributed by atoms with Crippen molar-refractivity contribution in [2.75, 3.05) is 7.11 Å². The van der Waals surface area contributed by atoms with E-state index in [1.165, 1.54) is 57.8 Å². The minimum absolute atomic E-state index is 0.0191. The van der Waals surface area contributed by atoms with Crippen LogP contribution < -0.4 is 5.73 Å². The predicted octanol–water partition coefficient (Wildman–Crippen LogP) is 5.05. The van der Waals surface area contributed by atoms with Gasteiger partial charge in [-0.1, -0.05) is 58.8 Å². The smallest absolute Gasteiger partial charge is 0.0829 e. The quantitative estimate of drug-likeness (QED) is 0.569. The van der Waals surface area contributed by atoms with Gasteiger partial charge in [0.1, 0.15) is 0 Å². The number of hydrogen-bond acceptors (Lipinski definition) is 2. The van der Waals surface area contributed by atoms with Crippen LogP contribution in [0.4, 0.5) is 0 Å². The molecular weight excluding hydrogens is 246 g/mol. The van der Waals surface area contributed by atoms with Crippen molar-refractivity contribution >= 4 is 0 Å². The molecule has 120 valence electrons. The first-order valence-corrected chi connectivity index (χ1v) is 8.95. The van der Waals surface area contributed by atoms with Crippen LogP contribution in [-0.4, -0.2) is 18.8 Å². The van der Waals surface area contributed by atoms with Crippen molar-refractivity contribution in [1.29, 1.82) is 0 Å². The van der Waals surface area contributed by atoms with Crippen molar-refractivity contribution in [1.82, 2.24) is 0 Å². The van der Waals surface area contributed by atoms with E-state index in [0.29, 0.717) is 0 Å². The molecule has 2 nitrogen and oxygen atoms in total. The Morgan fingerprint density at radius 3 is 2.15 bits per heavy atom. The summed E-state index contributed by atoms with van der Waals surface area (Å²) in [5, 5.41) is 0. The van der Waals surface area contributed by atoms with Gasteiger partial charge in [0, 0.05) is 13.2 Å². The lowest BCUT2D eigenvalue weighted by atomic mass is 9.74. The molecule has 1 atom stereocenters. The Hall–Kier alpha value is -0.0800. The van der Waals surface area contributed by atoms with Gasteiger partial charge >= 0.3 is 0 Å². The summed E-state index contributed by atoms with van der Waals surface area (Å²) in [6, 6.07) is 0.232. The monoisotopic (exact) mass is 283 g/mol. The highest BCUT2D eigenvalue weighted by atomic mass is 16.5. The maximum atomic E-state index is 6.48. The molecule has 0 bridgehead atoms. The molecule has 0 aromatic rings. The number of ether oxygens (including phenoxy) is 1. The van der Waals surface area contributed by atoms with Crippen LogP contribution in [0.5, 0.6) is 0 Å². The molecule has 0 saturated heterocycles. The van der Waals surface area contributed by atoms with Gasteiger partial charge in [-0.15, -0.1) is 0 Å². The van der Waals surface area contributed by atoms with Crippen LogP contribution in [0, 0.1) is 5.92 Å². The topological polar surface area (TPSA) is 35.2 Å². The normalized spacial score (nSPS) is 28.5. The average molecular weight is 284 g/mol. The van der Waals surface area contributed by atoms with E-state index in [0.717, 1.165) is 25.2 Å². The van der Waals surface area contributed by atoms with E-state index in [2.05, 4.69) is 13.8 Å². The third-order valence-corrected chi connectivity index (χ3v) is 5.32. The number of nitrogens with two attached hydrogens (primary N) is 1. The molecule has 1 aliphatic carbocycles. The Kier molecular flexibility index (Phi) is 8.79. The molecule has 0 aromatic carbocycles. The number of rotatable bonds is 10. The Morgan fingerprint density at radius 1 is 1.05 bits per heavy atom. The summed E-state index contributed by atoms with van der Waals surface area (Å²) < 4.78 is 5.87. The minimum Gasteiger partial charge on any atom is -0.377 e. The van der Waals surface area contributed by atoms with Crippen molar-refractivity contribution in [3.05, 3.63) is 0 Å². The van der Waals surface area contributed by atoms with Gasteiger partial charge in [-0.25, -0.2) is 0 Å². The molecule has 0 aliphatic heterocycles. The minimum atomic E-state index is -0.0191. The second-order valence-electron chi connectivity index (χ2n) is 6.97. The lowest BCUT2D eigenvalue weighted by Gasteiger charge is -2.42. The van der Waals surface area contributed by atoms with E-state index >= 15 is 0 Å². The van der Waals surface area contributed by atoms with Gasteiger partial charge in [-0.2, -0.15) is 0 Å². The lowest BCUT2D eigenvalue weighted by Crippen LogP contribution is -2.51. The summed E-state index contributed by atoms with van der Waals surface area (Å²) in [5.41, 5.74) is 6.46. The maximum Gasteiger partial charge on any atom is 0.0829 e. The molecule has 1 fully saturated rings. The molecule has 1 unspecified atom stereocenters. The third-order valence-electron chi connectivity index (χ3n) is 5.32. The number of unbranched alkanes of at least 4 members (excludes halogenated alkanes) is 6. The SMILES string of the molecule is CCCCCCCCCC(N)C1(OC)CCC(C)CC1. The summed E-state index contributed by atoms with van der Waals surface area (Å²) in [6.07, 6.45) is 15.5. The zero-order valence-electron chi connectivity index (χ0n) is 14.1. The molecule has 1 rings (SSSR count). The fourth-order valence-electron chi connectivity index (χ4n) is 3.56. The van der Waals surface area contributed by atoms with Crippen LogP contribution in [0.25, 0.3) is 0 Å². The predicted molar refractivity (Wildman–Crippen MR) is 88.0 cm³/mol. The van der Waals surface area contributed by atoms with Crippen LogP contribution in [0.2, 0.25) is 0 Å². The second-order valence-corrected chi connectivity index (χ2v) is 6.97. The summed E-state index contributed by atoms with van der Waals surface area (Å²) in [5.74, 6) is 0.851. The van der Waals surface area contributed by atoms with E-state index in [1.54, 1.807) is 0 Å². The first-order chi connectivity index (χ1) is 9.64. The van der Waals surface area contributed by atoms with E-state index in [1.807, 2.05) is 7.11 Å². The van der Waals surface area contributed by atoms with Gasteiger partial charge in [0.25, 0.3) is 0 Å². The molecule has 0 amide bonds. The molecular formula is C18H37NO. The highest BCUT2D eigenvalue weighted by molar-refractivity contribution is 4.94. The highest BCUT2D eigenvalue weighted by Gasteiger charge is 2.39. The van der Waals surface area contributed by atoms with Crippen molar-refractivity contribution in [3.8, 4) is 0 Å². The first-order valence-electron chi connectivity index (χ1n) is 8.95. The fraction of sp³-hybridized carbons (Fsp3) is 1.00. The summed E-state index contributed by atoms with van der Waals surface area (Å²) in [7, 11) is 1.86. The maximum absolute atomic E-state index is 6.48. The van der Waals surface area contributed by atoms with Gasteiger partial charge in [-0.05, 0) is 38.0 Å². The summed E-state index contributed by atoms with van der Waals surface area (Å²) in [4.78, 5) is 0. The Bertz CT molecular complexity index is 234. The fourth-order valence-corrected chi connectivity index (χ4v) is 3.56. The van der Waals surface area contributed by atoms with E-state index < -0.39 is 0 Å². The molecule has 2 heteroatoms. The van der Waals surface area contributed by atoms with Crippen molar-refractivity contribution < 1.29 is 4.74 Å². The van der Waals surface area contributed by atoms with Gasteiger partial charge in [0.2, 0.25) is 0 Å².